The van der Waals surface area contributed by atoms with E-state index in [2.05, 4.69) is 133 Å². The first-order chi connectivity index (χ1) is 28.7. The minimum absolute atomic E-state index is 0.568. The zero-order valence-corrected chi connectivity index (χ0v) is 31.2. The van der Waals surface area contributed by atoms with Crippen molar-refractivity contribution in [2.45, 2.75) is 5.41 Å². The van der Waals surface area contributed by atoms with Crippen LogP contribution < -0.4 is 4.74 Å². The van der Waals surface area contributed by atoms with Crippen molar-refractivity contribution in [3.05, 3.63) is 216 Å². The molecule has 0 amide bonds. The van der Waals surface area contributed by atoms with E-state index in [0.29, 0.717) is 17.5 Å². The van der Waals surface area contributed by atoms with Crippen molar-refractivity contribution in [3.8, 4) is 68.0 Å². The molecule has 1 aliphatic carbocycles. The Hall–Kier alpha value is -7.76. The Morgan fingerprint density at radius 1 is 0.328 bits per heavy atom. The lowest BCUT2D eigenvalue weighted by Crippen LogP contribution is -2.32. The Labute approximate surface area is 335 Å². The summed E-state index contributed by atoms with van der Waals surface area (Å²) in [5.74, 6) is 3.62. The highest BCUT2D eigenvalue weighted by Crippen LogP contribution is 2.62. The van der Waals surface area contributed by atoms with Crippen molar-refractivity contribution in [2.75, 3.05) is 0 Å². The van der Waals surface area contributed by atoms with Crippen LogP contribution in [0, 0.1) is 0 Å². The van der Waals surface area contributed by atoms with E-state index in [-0.39, 0.29) is 0 Å². The first-order valence-corrected chi connectivity index (χ1v) is 19.6. The highest BCUT2D eigenvalue weighted by Gasteiger charge is 2.51. The molecule has 58 heavy (non-hydrogen) atoms. The molecule has 1 aliphatic heterocycles. The van der Waals surface area contributed by atoms with Crippen LogP contribution in [0.5, 0.6) is 11.5 Å². The summed E-state index contributed by atoms with van der Waals surface area (Å²) < 4.78 is 6.62. The average Bonchev–Trinajstić information content (AvgIpc) is 3.58. The third-order valence-electron chi connectivity index (χ3n) is 11.8. The highest BCUT2D eigenvalue weighted by molar-refractivity contribution is 6.13. The zero-order chi connectivity index (χ0) is 38.2. The van der Waals surface area contributed by atoms with Gasteiger partial charge >= 0.3 is 0 Å². The van der Waals surface area contributed by atoms with Gasteiger partial charge in [0.1, 0.15) is 11.5 Å². The zero-order valence-electron chi connectivity index (χ0n) is 31.2. The topological polar surface area (TPSA) is 60.8 Å². The van der Waals surface area contributed by atoms with Crippen LogP contribution in [0.4, 0.5) is 0 Å². The monoisotopic (exact) mass is 740 g/mol. The number of hydrogen-bond acceptors (Lipinski definition) is 5. The first-order valence-electron chi connectivity index (χ1n) is 19.6. The molecule has 1 spiro atoms. The van der Waals surface area contributed by atoms with E-state index in [1.165, 1.54) is 22.3 Å². The SMILES string of the molecule is c1ccc(-c2nc(-c3ccccc3)nc(-c3cccc(-c4nc5ccccc5c5cc6c(cc45)-c4ccccc4C64c5ccccc5Oc5ccccc54)c3)n2)cc1. The normalized spacial score (nSPS) is 13.1. The minimum Gasteiger partial charge on any atom is -0.457 e. The predicted molar refractivity (Wildman–Crippen MR) is 232 cm³/mol. The van der Waals surface area contributed by atoms with E-state index in [0.717, 1.165) is 72.2 Å². The van der Waals surface area contributed by atoms with Gasteiger partial charge in [0.2, 0.25) is 0 Å². The van der Waals surface area contributed by atoms with Gasteiger partial charge in [-0.25, -0.2) is 19.9 Å². The van der Waals surface area contributed by atoms with Crippen molar-refractivity contribution in [3.63, 3.8) is 0 Å². The van der Waals surface area contributed by atoms with Crippen LogP contribution in [0.2, 0.25) is 0 Å². The largest absolute Gasteiger partial charge is 0.457 e. The summed E-state index contributed by atoms with van der Waals surface area (Å²) >= 11 is 0. The Balaban J connectivity index is 1.11. The predicted octanol–water partition coefficient (Wildman–Crippen LogP) is 12.7. The van der Waals surface area contributed by atoms with Crippen LogP contribution in [0.15, 0.2) is 194 Å². The second-order valence-corrected chi connectivity index (χ2v) is 14.9. The average molecular weight is 741 g/mol. The molecule has 2 aliphatic rings. The fourth-order valence-corrected chi connectivity index (χ4v) is 9.26. The Morgan fingerprint density at radius 3 is 1.55 bits per heavy atom. The van der Waals surface area contributed by atoms with Crippen LogP contribution in [-0.2, 0) is 5.41 Å². The molecule has 3 heterocycles. The van der Waals surface area contributed by atoms with E-state index in [1.54, 1.807) is 0 Å². The molecule has 270 valence electrons. The fourth-order valence-electron chi connectivity index (χ4n) is 9.26. The van der Waals surface area contributed by atoms with Crippen molar-refractivity contribution in [1.29, 1.82) is 0 Å². The molecular formula is C53H32N4O. The Kier molecular flexibility index (Phi) is 7.07. The summed E-state index contributed by atoms with van der Waals surface area (Å²) in [7, 11) is 0. The summed E-state index contributed by atoms with van der Waals surface area (Å²) in [5, 5.41) is 3.34. The van der Waals surface area contributed by atoms with Crippen LogP contribution >= 0.6 is 0 Å². The number of pyridine rings is 1. The molecule has 0 radical (unpaired) electrons. The maximum atomic E-state index is 6.62. The molecule has 12 rings (SSSR count). The molecule has 5 heteroatoms. The van der Waals surface area contributed by atoms with Gasteiger partial charge in [0.25, 0.3) is 0 Å². The molecule has 8 aromatic carbocycles. The van der Waals surface area contributed by atoms with Gasteiger partial charge < -0.3 is 4.74 Å². The maximum absolute atomic E-state index is 6.62. The molecule has 0 unspecified atom stereocenters. The molecule has 10 aromatic rings. The van der Waals surface area contributed by atoms with Crippen LogP contribution in [0.1, 0.15) is 22.3 Å². The Bertz CT molecular complexity index is 3170. The van der Waals surface area contributed by atoms with Crippen LogP contribution in [-0.4, -0.2) is 19.9 Å². The second kappa shape index (κ2) is 12.6. The smallest absolute Gasteiger partial charge is 0.164 e. The molecule has 0 bridgehead atoms. The summed E-state index contributed by atoms with van der Waals surface area (Å²) in [5.41, 5.74) is 12.2. The van der Waals surface area contributed by atoms with E-state index < -0.39 is 5.41 Å². The van der Waals surface area contributed by atoms with Crippen molar-refractivity contribution in [2.24, 2.45) is 0 Å². The number of benzene rings is 8. The van der Waals surface area contributed by atoms with Gasteiger partial charge in [-0.05, 0) is 64.0 Å². The third-order valence-corrected chi connectivity index (χ3v) is 11.8. The van der Waals surface area contributed by atoms with Crippen molar-refractivity contribution < 1.29 is 4.74 Å². The quantitative estimate of drug-likeness (QED) is 0.168. The molecule has 5 nitrogen and oxygen atoms in total. The third kappa shape index (κ3) is 4.77. The number of fused-ring (bicyclic) bond motifs is 12. The van der Waals surface area contributed by atoms with Crippen molar-refractivity contribution >= 4 is 21.7 Å². The number of hydrogen-bond donors (Lipinski definition) is 0. The van der Waals surface area contributed by atoms with E-state index >= 15 is 0 Å². The fraction of sp³-hybridized carbons (Fsp3) is 0.0189. The first kappa shape index (κ1) is 32.5. The summed E-state index contributed by atoms with van der Waals surface area (Å²) in [6.07, 6.45) is 0. The number of aromatic nitrogens is 4. The van der Waals surface area contributed by atoms with Gasteiger partial charge in [0.15, 0.2) is 17.5 Å². The number of para-hydroxylation sites is 3. The summed E-state index contributed by atoms with van der Waals surface area (Å²) in [4.78, 5) is 20.5. The molecule has 2 aromatic heterocycles. The van der Waals surface area contributed by atoms with Crippen LogP contribution in [0.3, 0.4) is 0 Å². The lowest BCUT2D eigenvalue weighted by atomic mass is 9.66. The number of nitrogens with zero attached hydrogens (tertiary/aromatic N) is 4. The molecule has 0 atom stereocenters. The van der Waals surface area contributed by atoms with E-state index in [1.807, 2.05) is 60.7 Å². The standard InChI is InChI=1S/C53H32N4O/c1-3-16-33(17-4-1)50-55-51(34-18-5-2-6-19-34)57-52(56-50)36-21-15-20-35(30-36)49-41-31-40-37-22-7-9-24-42(37)53(45(40)32-39(41)38-23-8-12-27-46(38)54-49)43-25-10-13-28-47(43)58-48-29-14-11-26-44(48)53/h1-32H. The van der Waals surface area contributed by atoms with Gasteiger partial charge in [-0.2, -0.15) is 0 Å². The van der Waals surface area contributed by atoms with Gasteiger partial charge in [0.05, 0.1) is 16.6 Å². The summed E-state index contributed by atoms with van der Waals surface area (Å²) in [6.45, 7) is 0. The number of rotatable bonds is 4. The van der Waals surface area contributed by atoms with Gasteiger partial charge in [-0.15, -0.1) is 0 Å². The van der Waals surface area contributed by atoms with Crippen LogP contribution in [0.25, 0.3) is 78.2 Å². The lowest BCUT2D eigenvalue weighted by molar-refractivity contribution is 0.436. The molecular weight excluding hydrogens is 709 g/mol. The maximum Gasteiger partial charge on any atom is 0.164 e. The molecule has 0 N–H and O–H groups in total. The van der Waals surface area contributed by atoms with Gasteiger partial charge in [0, 0.05) is 44.2 Å². The van der Waals surface area contributed by atoms with E-state index in [9.17, 15) is 0 Å². The Morgan fingerprint density at radius 2 is 0.862 bits per heavy atom. The second-order valence-electron chi connectivity index (χ2n) is 14.9. The summed E-state index contributed by atoms with van der Waals surface area (Å²) in [6, 6.07) is 67.8. The van der Waals surface area contributed by atoms with E-state index in [4.69, 9.17) is 24.7 Å². The van der Waals surface area contributed by atoms with Gasteiger partial charge in [-0.3, -0.25) is 0 Å². The highest BCUT2D eigenvalue weighted by atomic mass is 16.5. The number of ether oxygens (including phenoxy) is 1. The van der Waals surface area contributed by atoms with Crippen molar-refractivity contribution in [1.82, 2.24) is 19.9 Å². The minimum atomic E-state index is -0.568. The molecule has 0 saturated carbocycles. The molecule has 0 saturated heterocycles. The van der Waals surface area contributed by atoms with Gasteiger partial charge in [-0.1, -0.05) is 158 Å². The molecule has 0 fully saturated rings. The lowest BCUT2D eigenvalue weighted by Gasteiger charge is -2.39.